The van der Waals surface area contributed by atoms with Crippen molar-refractivity contribution >= 4 is 5.57 Å². The van der Waals surface area contributed by atoms with Gasteiger partial charge in [0.2, 0.25) is 0 Å². The Morgan fingerprint density at radius 1 is 0.966 bits per heavy atom. The first-order valence-electron chi connectivity index (χ1n) is 9.08. The van der Waals surface area contributed by atoms with E-state index in [1.807, 2.05) is 0 Å². The zero-order chi connectivity index (χ0) is 21.0. The Morgan fingerprint density at radius 3 is 2.10 bits per heavy atom. The summed E-state index contributed by atoms with van der Waals surface area (Å²) in [5, 5.41) is 0. The van der Waals surface area contributed by atoms with Crippen LogP contribution in [0, 0.1) is 11.6 Å². The van der Waals surface area contributed by atoms with Crippen LogP contribution in [0.25, 0.3) is 16.7 Å². The van der Waals surface area contributed by atoms with Crippen molar-refractivity contribution < 1.29 is 27.0 Å². The van der Waals surface area contributed by atoms with Crippen molar-refractivity contribution in [2.45, 2.75) is 19.6 Å². The van der Waals surface area contributed by atoms with Gasteiger partial charge in [-0.3, -0.25) is 0 Å². The number of hydrogen-bond donors (Lipinski definition) is 0. The maximum atomic E-state index is 14.6. The Bertz CT molecular complexity index is 932. The van der Waals surface area contributed by atoms with Crippen LogP contribution in [0.3, 0.4) is 0 Å². The average molecular weight is 404 g/mol. The van der Waals surface area contributed by atoms with Gasteiger partial charge in [-0.25, -0.2) is 17.6 Å². The van der Waals surface area contributed by atoms with E-state index < -0.39 is 29.6 Å². The zero-order valence-electron chi connectivity index (χ0n) is 15.9. The maximum absolute atomic E-state index is 14.6. The maximum Gasteiger partial charge on any atom is 0.183 e. The fraction of sp³-hybridized carbons (Fsp3) is 0.217. The summed E-state index contributed by atoms with van der Waals surface area (Å²) >= 11 is 0. The van der Waals surface area contributed by atoms with Gasteiger partial charge in [-0.15, -0.1) is 0 Å². The number of hydrogen-bond acceptors (Lipinski definition) is 2. The smallest absolute Gasteiger partial charge is 0.183 e. The first-order valence-corrected chi connectivity index (χ1v) is 9.08. The molecule has 0 saturated carbocycles. The molecular weight excluding hydrogens is 384 g/mol. The molecule has 0 aromatic heterocycles. The summed E-state index contributed by atoms with van der Waals surface area (Å²) in [6, 6.07) is 9.45. The Morgan fingerprint density at radius 2 is 1.55 bits per heavy atom. The van der Waals surface area contributed by atoms with Crippen LogP contribution in [0.1, 0.15) is 30.8 Å². The van der Waals surface area contributed by atoms with Crippen LogP contribution < -0.4 is 0 Å². The molecule has 2 aromatic rings. The largest absolute Gasteiger partial charge is 0.348 e. The molecule has 1 aliphatic rings. The molecule has 0 spiro atoms. The summed E-state index contributed by atoms with van der Waals surface area (Å²) in [7, 11) is 0. The lowest BCUT2D eigenvalue weighted by Crippen LogP contribution is -2.17. The first kappa shape index (κ1) is 21.0. The van der Waals surface area contributed by atoms with E-state index in [0.717, 1.165) is 24.1 Å². The van der Waals surface area contributed by atoms with Crippen molar-refractivity contribution in [3.8, 4) is 11.1 Å². The van der Waals surface area contributed by atoms with Crippen molar-refractivity contribution in [3.63, 3.8) is 0 Å². The van der Waals surface area contributed by atoms with Gasteiger partial charge in [0.1, 0.15) is 11.6 Å². The van der Waals surface area contributed by atoms with E-state index in [-0.39, 0.29) is 11.1 Å². The highest BCUT2D eigenvalue weighted by Gasteiger charge is 2.17. The third-order valence-corrected chi connectivity index (χ3v) is 4.52. The molecule has 2 aromatic carbocycles. The second kappa shape index (κ2) is 9.20. The Labute approximate surface area is 166 Å². The third-order valence-electron chi connectivity index (χ3n) is 4.52. The molecule has 0 bridgehead atoms. The minimum Gasteiger partial charge on any atom is -0.348 e. The first-order chi connectivity index (χ1) is 13.9. The summed E-state index contributed by atoms with van der Waals surface area (Å²) in [6.45, 7) is 5.47. The van der Waals surface area contributed by atoms with Gasteiger partial charge in [0.05, 0.1) is 13.2 Å². The van der Waals surface area contributed by atoms with Crippen LogP contribution in [-0.2, 0) is 9.47 Å². The Balaban J connectivity index is 1.86. The number of halogens is 4. The van der Waals surface area contributed by atoms with Gasteiger partial charge in [0.25, 0.3) is 0 Å². The fourth-order valence-corrected chi connectivity index (χ4v) is 3.00. The topological polar surface area (TPSA) is 18.5 Å². The zero-order valence-corrected chi connectivity index (χ0v) is 15.9. The molecule has 0 N–H and O–H groups in total. The highest BCUT2D eigenvalue weighted by Crippen LogP contribution is 2.30. The summed E-state index contributed by atoms with van der Waals surface area (Å²) in [5.41, 5.74) is 1.61. The van der Waals surface area contributed by atoms with Crippen molar-refractivity contribution in [3.05, 3.63) is 89.5 Å². The normalized spacial score (nSPS) is 16.2. The molecule has 0 unspecified atom stereocenters. The summed E-state index contributed by atoms with van der Waals surface area (Å²) in [6.07, 6.45) is 2.28. The van der Waals surface area contributed by atoms with Crippen molar-refractivity contribution in [1.29, 1.82) is 0 Å². The average Bonchev–Trinajstić information content (AvgIpc) is 2.72. The predicted molar refractivity (Wildman–Crippen MR) is 104 cm³/mol. The molecule has 6 heteroatoms. The van der Waals surface area contributed by atoms with Gasteiger partial charge >= 0.3 is 0 Å². The molecule has 2 nitrogen and oxygen atoms in total. The molecule has 0 radical (unpaired) electrons. The SMILES string of the molecule is C=C(F)/C(F)=C\C=C(/C)c1c(F)cc(-c2ccc(C3OCCCO3)cc2)cc1F. The van der Waals surface area contributed by atoms with E-state index in [1.54, 1.807) is 24.3 Å². The molecule has 0 atom stereocenters. The van der Waals surface area contributed by atoms with Gasteiger partial charge < -0.3 is 9.47 Å². The van der Waals surface area contributed by atoms with Gasteiger partial charge in [-0.1, -0.05) is 36.9 Å². The fourth-order valence-electron chi connectivity index (χ4n) is 3.00. The molecule has 1 aliphatic heterocycles. The van der Waals surface area contributed by atoms with Crippen molar-refractivity contribution in [1.82, 2.24) is 0 Å². The molecule has 1 heterocycles. The monoisotopic (exact) mass is 404 g/mol. The summed E-state index contributed by atoms with van der Waals surface area (Å²) < 4.78 is 66.1. The number of rotatable bonds is 5. The van der Waals surface area contributed by atoms with Crippen LogP contribution in [-0.4, -0.2) is 13.2 Å². The van der Waals surface area contributed by atoms with Crippen molar-refractivity contribution in [2.24, 2.45) is 0 Å². The predicted octanol–water partition coefficient (Wildman–Crippen LogP) is 6.81. The van der Waals surface area contributed by atoms with E-state index in [0.29, 0.717) is 24.3 Å². The minimum atomic E-state index is -1.25. The minimum absolute atomic E-state index is 0.116. The van der Waals surface area contributed by atoms with Crippen LogP contribution in [0.5, 0.6) is 0 Å². The molecule has 1 fully saturated rings. The second-order valence-electron chi connectivity index (χ2n) is 6.63. The number of ether oxygens (including phenoxy) is 2. The Kier molecular flexibility index (Phi) is 6.67. The van der Waals surface area contributed by atoms with Crippen molar-refractivity contribution in [2.75, 3.05) is 13.2 Å². The summed E-state index contributed by atoms with van der Waals surface area (Å²) in [5.74, 6) is -4.06. The molecule has 152 valence electrons. The standard InChI is InChI=1S/C23H20F4O2/c1-14(4-9-19(25)15(2)24)22-20(26)12-18(13-21(22)27)16-5-7-17(8-6-16)23-28-10-3-11-29-23/h4-9,12-13,23H,2-3,10-11H2,1H3/b14-4+,19-9+. The van der Waals surface area contributed by atoms with Crippen LogP contribution in [0.15, 0.2) is 66.8 Å². The summed E-state index contributed by atoms with van der Waals surface area (Å²) in [4.78, 5) is 0. The van der Waals surface area contributed by atoms with E-state index in [4.69, 9.17) is 9.47 Å². The van der Waals surface area contributed by atoms with E-state index in [1.165, 1.54) is 19.1 Å². The quantitative estimate of drug-likeness (QED) is 0.403. The van der Waals surface area contributed by atoms with E-state index >= 15 is 0 Å². The second-order valence-corrected chi connectivity index (χ2v) is 6.63. The van der Waals surface area contributed by atoms with Gasteiger partial charge in [-0.05, 0) is 48.3 Å². The lowest BCUT2D eigenvalue weighted by molar-refractivity contribution is -0.183. The Hall–Kier alpha value is -2.70. The highest BCUT2D eigenvalue weighted by atomic mass is 19.2. The third kappa shape index (κ3) is 5.02. The van der Waals surface area contributed by atoms with Crippen LogP contribution in [0.2, 0.25) is 0 Å². The van der Waals surface area contributed by atoms with Gasteiger partial charge in [-0.2, -0.15) is 0 Å². The molecule has 0 amide bonds. The van der Waals surface area contributed by atoms with E-state index in [9.17, 15) is 17.6 Å². The molecule has 0 aliphatic carbocycles. The van der Waals surface area contributed by atoms with Gasteiger partial charge in [0.15, 0.2) is 17.9 Å². The molecule has 29 heavy (non-hydrogen) atoms. The molecular formula is C23H20F4O2. The molecule has 3 rings (SSSR count). The molecule has 1 saturated heterocycles. The van der Waals surface area contributed by atoms with Crippen LogP contribution in [0.4, 0.5) is 17.6 Å². The van der Waals surface area contributed by atoms with Gasteiger partial charge in [0, 0.05) is 11.1 Å². The highest BCUT2D eigenvalue weighted by molar-refractivity contribution is 5.71. The lowest BCUT2D eigenvalue weighted by Gasteiger charge is -2.23. The lowest BCUT2D eigenvalue weighted by atomic mass is 9.98. The van der Waals surface area contributed by atoms with Crippen LogP contribution >= 0.6 is 0 Å². The van der Waals surface area contributed by atoms with E-state index in [2.05, 4.69) is 6.58 Å². The number of allylic oxidation sites excluding steroid dienone is 5. The number of benzene rings is 2.